The average molecular weight is 168 g/mol. The lowest BCUT2D eigenvalue weighted by atomic mass is 10.4. The lowest BCUT2D eigenvalue weighted by Gasteiger charge is -1.92. The summed E-state index contributed by atoms with van der Waals surface area (Å²) < 4.78 is 1.66. The molecule has 0 aliphatic carbocycles. The lowest BCUT2D eigenvalue weighted by molar-refractivity contribution is 0.0958. The maximum absolute atomic E-state index is 11.0. The van der Waals surface area contributed by atoms with E-state index in [-0.39, 0.29) is 5.91 Å². The number of rotatable bonds is 3. The molecule has 0 aliphatic heterocycles. The van der Waals surface area contributed by atoms with Crippen molar-refractivity contribution in [3.05, 3.63) is 11.9 Å². The van der Waals surface area contributed by atoms with Crippen LogP contribution >= 0.6 is 0 Å². The van der Waals surface area contributed by atoms with E-state index in [4.69, 9.17) is 0 Å². The number of nitrogens with one attached hydrogen (secondary N) is 1. The molecule has 1 rings (SSSR count). The first kappa shape index (κ1) is 8.70. The van der Waals surface area contributed by atoms with Crippen LogP contribution in [0.3, 0.4) is 0 Å². The molecule has 0 aliphatic rings. The zero-order valence-electron chi connectivity index (χ0n) is 7.24. The predicted molar refractivity (Wildman–Crippen MR) is 43.7 cm³/mol. The van der Waals surface area contributed by atoms with Gasteiger partial charge in [-0.1, -0.05) is 12.1 Å². The highest BCUT2D eigenvalue weighted by atomic mass is 16.1. The monoisotopic (exact) mass is 168 g/mol. The molecule has 0 fully saturated rings. The first-order valence-corrected chi connectivity index (χ1v) is 3.90. The predicted octanol–water partition coefficient (Wildman–Crippen LogP) is 0.0477. The van der Waals surface area contributed by atoms with Crippen LogP contribution in [0.1, 0.15) is 23.8 Å². The van der Waals surface area contributed by atoms with Gasteiger partial charge in [0.25, 0.3) is 5.91 Å². The normalized spacial score (nSPS) is 9.83. The van der Waals surface area contributed by atoms with Gasteiger partial charge in [0.15, 0.2) is 5.69 Å². The molecule has 0 radical (unpaired) electrons. The highest BCUT2D eigenvalue weighted by Crippen LogP contribution is 1.93. The van der Waals surface area contributed by atoms with Gasteiger partial charge in [0.2, 0.25) is 0 Å². The molecule has 0 saturated heterocycles. The van der Waals surface area contributed by atoms with Crippen molar-refractivity contribution in [1.29, 1.82) is 0 Å². The summed E-state index contributed by atoms with van der Waals surface area (Å²) >= 11 is 0. The summed E-state index contributed by atoms with van der Waals surface area (Å²) in [6.45, 7) is 2.84. The zero-order chi connectivity index (χ0) is 8.97. The number of aryl methyl sites for hydroxylation is 1. The fraction of sp³-hybridized carbons (Fsp3) is 0.571. The highest BCUT2D eigenvalue weighted by molar-refractivity contribution is 5.91. The van der Waals surface area contributed by atoms with Crippen molar-refractivity contribution >= 4 is 5.91 Å². The molecule has 0 spiro atoms. The summed E-state index contributed by atoms with van der Waals surface area (Å²) in [6, 6.07) is 0. The Morgan fingerprint density at radius 2 is 2.50 bits per heavy atom. The smallest absolute Gasteiger partial charge is 0.273 e. The van der Waals surface area contributed by atoms with E-state index < -0.39 is 0 Å². The Labute approximate surface area is 70.8 Å². The summed E-state index contributed by atoms with van der Waals surface area (Å²) in [5.74, 6) is -0.197. The van der Waals surface area contributed by atoms with Crippen molar-refractivity contribution in [2.45, 2.75) is 19.9 Å². The second-order valence-electron chi connectivity index (χ2n) is 2.45. The van der Waals surface area contributed by atoms with Gasteiger partial charge in [-0.15, -0.1) is 5.10 Å². The minimum atomic E-state index is -0.197. The van der Waals surface area contributed by atoms with Gasteiger partial charge in [-0.2, -0.15) is 0 Å². The largest absolute Gasteiger partial charge is 0.354 e. The number of aromatic nitrogens is 3. The molecule has 0 aromatic carbocycles. The number of carbonyl (C=O) groups excluding carboxylic acids is 1. The Balaban J connectivity index is 2.70. The molecule has 66 valence electrons. The van der Waals surface area contributed by atoms with Crippen molar-refractivity contribution < 1.29 is 4.79 Å². The van der Waals surface area contributed by atoms with Crippen LogP contribution in [-0.2, 0) is 6.54 Å². The molecule has 1 N–H and O–H groups in total. The number of hydrogen-bond acceptors (Lipinski definition) is 3. The van der Waals surface area contributed by atoms with Crippen LogP contribution < -0.4 is 5.32 Å². The fourth-order valence-corrected chi connectivity index (χ4v) is 0.869. The average Bonchev–Trinajstić information content (AvgIpc) is 2.52. The van der Waals surface area contributed by atoms with Gasteiger partial charge in [-0.05, 0) is 6.42 Å². The Bertz CT molecular complexity index is 268. The third kappa shape index (κ3) is 1.81. The molecule has 5 nitrogen and oxygen atoms in total. The molecule has 1 amide bonds. The van der Waals surface area contributed by atoms with E-state index in [0.29, 0.717) is 5.69 Å². The molecular weight excluding hydrogens is 156 g/mol. The van der Waals surface area contributed by atoms with Crippen LogP contribution in [0.25, 0.3) is 0 Å². The quantitative estimate of drug-likeness (QED) is 0.693. The Kier molecular flexibility index (Phi) is 2.79. The Morgan fingerprint density at radius 3 is 3.08 bits per heavy atom. The molecule has 1 aromatic heterocycles. The van der Waals surface area contributed by atoms with E-state index in [0.717, 1.165) is 13.0 Å². The van der Waals surface area contributed by atoms with Gasteiger partial charge < -0.3 is 5.32 Å². The number of nitrogens with zero attached hydrogens (tertiary/aromatic N) is 3. The van der Waals surface area contributed by atoms with Gasteiger partial charge >= 0.3 is 0 Å². The van der Waals surface area contributed by atoms with Crippen LogP contribution in [0.5, 0.6) is 0 Å². The molecule has 0 saturated carbocycles. The van der Waals surface area contributed by atoms with Crippen molar-refractivity contribution in [2.75, 3.05) is 7.05 Å². The van der Waals surface area contributed by atoms with Gasteiger partial charge in [-0.3, -0.25) is 9.48 Å². The minimum Gasteiger partial charge on any atom is -0.354 e. The summed E-state index contributed by atoms with van der Waals surface area (Å²) in [5.41, 5.74) is 0.367. The van der Waals surface area contributed by atoms with Gasteiger partial charge in [0.05, 0.1) is 6.20 Å². The molecule has 0 unspecified atom stereocenters. The van der Waals surface area contributed by atoms with Gasteiger partial charge in [0.1, 0.15) is 0 Å². The van der Waals surface area contributed by atoms with Crippen molar-refractivity contribution in [2.24, 2.45) is 0 Å². The maximum atomic E-state index is 11.0. The summed E-state index contributed by atoms with van der Waals surface area (Å²) in [7, 11) is 1.57. The second-order valence-corrected chi connectivity index (χ2v) is 2.45. The number of hydrogen-bond donors (Lipinski definition) is 1. The first-order chi connectivity index (χ1) is 5.77. The summed E-state index contributed by atoms with van der Waals surface area (Å²) in [5, 5.41) is 9.97. The van der Waals surface area contributed by atoms with E-state index in [2.05, 4.69) is 15.6 Å². The Hall–Kier alpha value is -1.39. The fourth-order valence-electron chi connectivity index (χ4n) is 0.869. The first-order valence-electron chi connectivity index (χ1n) is 3.90. The molecule has 1 aromatic rings. The number of amides is 1. The summed E-state index contributed by atoms with van der Waals surface area (Å²) in [4.78, 5) is 11.0. The topological polar surface area (TPSA) is 59.8 Å². The van der Waals surface area contributed by atoms with Crippen LogP contribution in [0.15, 0.2) is 6.20 Å². The van der Waals surface area contributed by atoms with E-state index in [1.54, 1.807) is 17.9 Å². The van der Waals surface area contributed by atoms with E-state index in [9.17, 15) is 4.79 Å². The van der Waals surface area contributed by atoms with Crippen molar-refractivity contribution in [3.8, 4) is 0 Å². The standard InChI is InChI=1S/C7H12N4O/c1-3-4-11-5-6(9-10-11)7(12)8-2/h5H,3-4H2,1-2H3,(H,8,12). The molecular formula is C7H12N4O. The van der Waals surface area contributed by atoms with Crippen LogP contribution in [0, 0.1) is 0 Å². The summed E-state index contributed by atoms with van der Waals surface area (Å²) in [6.07, 6.45) is 2.62. The molecule has 5 heteroatoms. The third-order valence-corrected chi connectivity index (χ3v) is 1.45. The van der Waals surface area contributed by atoms with Crippen LogP contribution in [-0.4, -0.2) is 27.9 Å². The van der Waals surface area contributed by atoms with E-state index in [1.165, 1.54) is 0 Å². The third-order valence-electron chi connectivity index (χ3n) is 1.45. The highest BCUT2D eigenvalue weighted by Gasteiger charge is 2.06. The molecule has 1 heterocycles. The van der Waals surface area contributed by atoms with Gasteiger partial charge in [0, 0.05) is 13.6 Å². The van der Waals surface area contributed by atoms with E-state index in [1.807, 2.05) is 6.92 Å². The van der Waals surface area contributed by atoms with Gasteiger partial charge in [-0.25, -0.2) is 0 Å². The number of carbonyl (C=O) groups is 1. The molecule has 0 bridgehead atoms. The van der Waals surface area contributed by atoms with Crippen molar-refractivity contribution in [3.63, 3.8) is 0 Å². The minimum absolute atomic E-state index is 0.197. The van der Waals surface area contributed by atoms with Crippen LogP contribution in [0.4, 0.5) is 0 Å². The lowest BCUT2D eigenvalue weighted by Crippen LogP contribution is -2.18. The Morgan fingerprint density at radius 1 is 1.75 bits per heavy atom. The molecule has 12 heavy (non-hydrogen) atoms. The van der Waals surface area contributed by atoms with E-state index >= 15 is 0 Å². The SMILES string of the molecule is CCCn1cc(C(=O)NC)nn1. The van der Waals surface area contributed by atoms with Crippen molar-refractivity contribution in [1.82, 2.24) is 20.3 Å². The maximum Gasteiger partial charge on any atom is 0.273 e. The zero-order valence-corrected chi connectivity index (χ0v) is 7.24. The second kappa shape index (κ2) is 3.85. The molecule has 0 atom stereocenters. The van der Waals surface area contributed by atoms with Crippen LogP contribution in [0.2, 0.25) is 0 Å².